The van der Waals surface area contributed by atoms with Crippen LogP contribution in [0.4, 0.5) is 16.2 Å². The number of nitrogens with two attached hydrogens (primary N) is 1. The minimum Gasteiger partial charge on any atom is -0.458 e. The minimum atomic E-state index is -0.367. The van der Waals surface area contributed by atoms with E-state index in [2.05, 4.69) is 22.2 Å². The number of anilines is 2. The number of para-hydroxylation sites is 1. The van der Waals surface area contributed by atoms with Crippen LogP contribution in [0.15, 0.2) is 78.9 Å². The van der Waals surface area contributed by atoms with Crippen LogP contribution < -0.4 is 26.0 Å². The van der Waals surface area contributed by atoms with Gasteiger partial charge in [-0.25, -0.2) is 9.78 Å². The summed E-state index contributed by atoms with van der Waals surface area (Å²) in [5.74, 6) is 0.869. The van der Waals surface area contributed by atoms with Crippen LogP contribution in [0.2, 0.25) is 0 Å². The number of aromatic nitrogens is 1. The molecule has 0 unspecified atom stereocenters. The highest BCUT2D eigenvalue weighted by atomic mass is 32.1. The van der Waals surface area contributed by atoms with E-state index in [1.54, 1.807) is 29.3 Å². The third-order valence-corrected chi connectivity index (χ3v) is 7.67. The Labute approximate surface area is 219 Å². The molecule has 5 rings (SSSR count). The largest absolute Gasteiger partial charge is 0.458 e. The SMILES string of the molecule is C=C(/C=C\C(=C/C)N1C(=O)Nc2c(C(=O)N[C@@H]3CCCC[C@@H]3N)sc3nccc1c23)Oc1ccccc1. The molecule has 0 spiro atoms. The maximum Gasteiger partial charge on any atom is 0.331 e. The number of carbonyl (C=O) groups excluding carboxylic acids is 2. The van der Waals surface area contributed by atoms with Gasteiger partial charge in [-0.1, -0.05) is 43.7 Å². The van der Waals surface area contributed by atoms with Crippen LogP contribution in [0.3, 0.4) is 0 Å². The summed E-state index contributed by atoms with van der Waals surface area (Å²) >= 11 is 1.27. The number of amides is 3. The molecular weight excluding hydrogens is 486 g/mol. The van der Waals surface area contributed by atoms with Crippen molar-refractivity contribution in [2.24, 2.45) is 5.73 Å². The molecule has 0 saturated heterocycles. The Bertz CT molecular complexity index is 1410. The molecular formula is C28H29N5O3S. The van der Waals surface area contributed by atoms with Gasteiger partial charge in [0.25, 0.3) is 5.91 Å². The number of benzene rings is 1. The number of rotatable bonds is 7. The van der Waals surface area contributed by atoms with E-state index >= 15 is 0 Å². The highest BCUT2D eigenvalue weighted by molar-refractivity contribution is 7.21. The maximum absolute atomic E-state index is 13.4. The number of allylic oxidation sites excluding steroid dienone is 3. The maximum atomic E-state index is 13.4. The van der Waals surface area contributed by atoms with Crippen molar-refractivity contribution in [2.75, 3.05) is 10.2 Å². The van der Waals surface area contributed by atoms with Gasteiger partial charge in [0.1, 0.15) is 21.2 Å². The Hall–Kier alpha value is -3.95. The number of nitrogens with zero attached hydrogens (tertiary/aromatic N) is 2. The zero-order valence-electron chi connectivity index (χ0n) is 20.6. The molecule has 2 atom stereocenters. The number of pyridine rings is 1. The van der Waals surface area contributed by atoms with E-state index in [0.717, 1.165) is 31.1 Å². The Kier molecular flexibility index (Phi) is 7.07. The number of carbonyl (C=O) groups is 2. The Morgan fingerprint density at radius 2 is 2.03 bits per heavy atom. The van der Waals surface area contributed by atoms with Crippen LogP contribution in [-0.4, -0.2) is 29.0 Å². The average Bonchev–Trinajstić information content (AvgIpc) is 3.27. The molecule has 0 bridgehead atoms. The lowest BCUT2D eigenvalue weighted by molar-refractivity contribution is 0.0926. The first-order valence-electron chi connectivity index (χ1n) is 12.3. The molecule has 190 valence electrons. The lowest BCUT2D eigenvalue weighted by Crippen LogP contribution is -2.49. The molecule has 2 aliphatic rings. The van der Waals surface area contributed by atoms with E-state index in [1.807, 2.05) is 43.3 Å². The molecule has 3 amide bonds. The van der Waals surface area contributed by atoms with Gasteiger partial charge in [0.2, 0.25) is 0 Å². The van der Waals surface area contributed by atoms with Crippen molar-refractivity contribution in [3.8, 4) is 5.75 Å². The molecule has 1 aromatic carbocycles. The third kappa shape index (κ3) is 5.00. The van der Waals surface area contributed by atoms with Gasteiger partial charge in [-0.3, -0.25) is 9.69 Å². The van der Waals surface area contributed by atoms with E-state index in [0.29, 0.717) is 38.3 Å². The lowest BCUT2D eigenvalue weighted by Gasteiger charge is -2.30. The first-order valence-corrected chi connectivity index (χ1v) is 13.1. The summed E-state index contributed by atoms with van der Waals surface area (Å²) in [6.45, 7) is 5.80. The van der Waals surface area contributed by atoms with Crippen LogP contribution in [0.25, 0.3) is 10.2 Å². The number of hydrogen-bond donors (Lipinski definition) is 3. The van der Waals surface area contributed by atoms with Crippen molar-refractivity contribution >= 4 is 44.9 Å². The van der Waals surface area contributed by atoms with Crippen molar-refractivity contribution in [3.05, 3.63) is 83.7 Å². The zero-order chi connectivity index (χ0) is 25.9. The molecule has 2 aromatic heterocycles. The van der Waals surface area contributed by atoms with Crippen LogP contribution >= 0.6 is 11.3 Å². The second kappa shape index (κ2) is 10.6. The summed E-state index contributed by atoms with van der Waals surface area (Å²) in [6, 6.07) is 10.6. The molecule has 4 N–H and O–H groups in total. The van der Waals surface area contributed by atoms with Gasteiger partial charge in [0.15, 0.2) is 0 Å². The van der Waals surface area contributed by atoms with Gasteiger partial charge in [0.05, 0.1) is 16.8 Å². The molecule has 1 fully saturated rings. The quantitative estimate of drug-likeness (QED) is 0.276. The summed E-state index contributed by atoms with van der Waals surface area (Å²) in [5, 5.41) is 6.75. The summed E-state index contributed by atoms with van der Waals surface area (Å²) in [4.78, 5) is 33.8. The monoisotopic (exact) mass is 515 g/mol. The smallest absolute Gasteiger partial charge is 0.331 e. The fourth-order valence-electron chi connectivity index (χ4n) is 4.73. The molecule has 8 nitrogen and oxygen atoms in total. The van der Waals surface area contributed by atoms with Crippen LogP contribution in [0.5, 0.6) is 5.75 Å². The second-order valence-electron chi connectivity index (χ2n) is 9.04. The van der Waals surface area contributed by atoms with Crippen molar-refractivity contribution in [3.63, 3.8) is 0 Å². The molecule has 1 aliphatic heterocycles. The topological polar surface area (TPSA) is 110 Å². The molecule has 0 radical (unpaired) electrons. The number of nitrogens with one attached hydrogen (secondary N) is 2. The van der Waals surface area contributed by atoms with Gasteiger partial charge in [-0.05, 0) is 50.1 Å². The number of urea groups is 1. The first kappa shape index (κ1) is 24.7. The van der Waals surface area contributed by atoms with Crippen LogP contribution in [0, 0.1) is 0 Å². The lowest BCUT2D eigenvalue weighted by atomic mass is 9.91. The van der Waals surface area contributed by atoms with E-state index in [1.165, 1.54) is 11.3 Å². The number of hydrogen-bond acceptors (Lipinski definition) is 6. The van der Waals surface area contributed by atoms with Gasteiger partial charge >= 0.3 is 6.03 Å². The fourth-order valence-corrected chi connectivity index (χ4v) is 5.75. The number of thiophene rings is 1. The van der Waals surface area contributed by atoms with E-state index in [9.17, 15) is 9.59 Å². The molecule has 37 heavy (non-hydrogen) atoms. The minimum absolute atomic E-state index is 0.0631. The van der Waals surface area contributed by atoms with Crippen molar-refractivity contribution in [2.45, 2.75) is 44.7 Å². The van der Waals surface area contributed by atoms with Crippen molar-refractivity contribution in [1.29, 1.82) is 0 Å². The second-order valence-corrected chi connectivity index (χ2v) is 10.0. The van der Waals surface area contributed by atoms with Gasteiger partial charge in [-0.15, -0.1) is 11.3 Å². The summed E-state index contributed by atoms with van der Waals surface area (Å²) in [7, 11) is 0. The van der Waals surface area contributed by atoms with Crippen molar-refractivity contribution in [1.82, 2.24) is 10.3 Å². The predicted molar refractivity (Wildman–Crippen MR) is 148 cm³/mol. The molecule has 3 aromatic rings. The predicted octanol–water partition coefficient (Wildman–Crippen LogP) is 5.70. The first-order chi connectivity index (χ1) is 18.0. The molecule has 3 heterocycles. The fraction of sp³-hybridized carbons (Fsp3) is 0.250. The van der Waals surface area contributed by atoms with Gasteiger partial charge in [-0.2, -0.15) is 0 Å². The van der Waals surface area contributed by atoms with Crippen LogP contribution in [-0.2, 0) is 0 Å². The summed E-state index contributed by atoms with van der Waals surface area (Å²) in [6.07, 6.45) is 10.8. The van der Waals surface area contributed by atoms with E-state index < -0.39 is 0 Å². The third-order valence-electron chi connectivity index (χ3n) is 6.57. The van der Waals surface area contributed by atoms with Gasteiger partial charge < -0.3 is 21.1 Å². The summed E-state index contributed by atoms with van der Waals surface area (Å²) in [5.41, 5.74) is 8.01. The molecule has 1 aliphatic carbocycles. The molecule has 1 saturated carbocycles. The number of ether oxygens (including phenoxy) is 1. The van der Waals surface area contributed by atoms with E-state index in [4.69, 9.17) is 10.5 Å². The van der Waals surface area contributed by atoms with Crippen LogP contribution in [0.1, 0.15) is 42.3 Å². The zero-order valence-corrected chi connectivity index (χ0v) is 21.4. The van der Waals surface area contributed by atoms with E-state index in [-0.39, 0.29) is 24.0 Å². The Morgan fingerprint density at radius 3 is 2.78 bits per heavy atom. The summed E-state index contributed by atoms with van der Waals surface area (Å²) < 4.78 is 5.75. The standard InChI is InChI=1S/C28H29N5O3S/c1-3-18(14-13-17(2)36-19-9-5-4-6-10-19)33-22-15-16-30-27-23(22)24(32-28(33)35)25(37-27)26(34)31-21-12-8-7-11-20(21)29/h3-6,9-10,13-16,20-21H,2,7-8,11-12,29H2,1H3,(H,31,34)(H,32,35)/b14-13-,18-3+/t20-,21+/m0/s1. The Balaban J connectivity index is 1.42. The average molecular weight is 516 g/mol. The molecule has 9 heteroatoms. The highest BCUT2D eigenvalue weighted by Crippen LogP contribution is 2.44. The normalized spacial score (nSPS) is 19.7. The highest BCUT2D eigenvalue weighted by Gasteiger charge is 2.34. The van der Waals surface area contributed by atoms with Crippen molar-refractivity contribution < 1.29 is 14.3 Å². The Morgan fingerprint density at radius 1 is 1.24 bits per heavy atom. The van der Waals surface area contributed by atoms with Gasteiger partial charge in [0, 0.05) is 24.0 Å².